The van der Waals surface area contributed by atoms with Crippen LogP contribution in [0.2, 0.25) is 0 Å². The molecule has 0 amide bonds. The molecule has 1 N–H and O–H groups in total. The monoisotopic (exact) mass is 244 g/mol. The minimum Gasteiger partial charge on any atom is -0.482 e. The maximum absolute atomic E-state index is 5.16. The number of aromatic nitrogens is 2. The molecule has 0 aliphatic carbocycles. The van der Waals surface area contributed by atoms with Crippen molar-refractivity contribution in [2.75, 3.05) is 13.2 Å². The Morgan fingerprint density at radius 2 is 1.87 bits per heavy atom. The molecule has 0 saturated carbocycles. The largest absolute Gasteiger partial charge is 0.482 e. The summed E-state index contributed by atoms with van der Waals surface area (Å²) >= 11 is 10.0. The Morgan fingerprint density at radius 1 is 1.27 bits per heavy atom. The second kappa shape index (κ2) is 5.77. The summed E-state index contributed by atoms with van der Waals surface area (Å²) in [6.07, 6.45) is 0. The highest BCUT2D eigenvalue weighted by molar-refractivity contribution is 7.80. The lowest BCUT2D eigenvalue weighted by molar-refractivity contribution is 0.336. The van der Waals surface area contributed by atoms with Gasteiger partial charge >= 0.3 is 0 Å². The van der Waals surface area contributed by atoms with E-state index in [0.29, 0.717) is 34.7 Å². The number of H-pyrrole nitrogens is 1. The van der Waals surface area contributed by atoms with Crippen molar-refractivity contribution in [2.45, 2.75) is 13.8 Å². The molecule has 1 heterocycles. The first-order chi connectivity index (χ1) is 7.19. The van der Waals surface area contributed by atoms with Gasteiger partial charge in [0.1, 0.15) is 11.4 Å². The lowest BCUT2D eigenvalue weighted by Gasteiger charge is -2.00. The summed E-state index contributed by atoms with van der Waals surface area (Å²) < 4.78 is 10.3. The fraction of sp³-hybridized carbons (Fsp3) is 0.444. The summed E-state index contributed by atoms with van der Waals surface area (Å²) in [6.45, 7) is 4.79. The average molecular weight is 244 g/mol. The lowest BCUT2D eigenvalue weighted by atomic mass is 10.4. The third kappa shape index (κ3) is 3.24. The number of hydrogen-bond acceptors (Lipinski definition) is 5. The molecule has 0 aliphatic heterocycles. The minimum absolute atomic E-state index is 0.360. The molecule has 0 aliphatic rings. The number of nitrogens with zero attached hydrogens (tertiary/aromatic N) is 1. The van der Waals surface area contributed by atoms with Crippen LogP contribution < -0.4 is 0 Å². The van der Waals surface area contributed by atoms with Crippen LogP contribution in [-0.4, -0.2) is 33.5 Å². The molecule has 0 radical (unpaired) electrons. The van der Waals surface area contributed by atoms with E-state index in [4.69, 9.17) is 33.9 Å². The topological polar surface area (TPSA) is 47.1 Å². The van der Waals surface area contributed by atoms with Crippen molar-refractivity contribution in [3.63, 3.8) is 0 Å². The second-order valence-electron chi connectivity index (χ2n) is 2.61. The SMILES string of the molecule is CCOC(=S)c1cc(C(=S)OCC)[nH]n1. The molecule has 1 aromatic rings. The maximum Gasteiger partial charge on any atom is 0.212 e. The summed E-state index contributed by atoms with van der Waals surface area (Å²) in [7, 11) is 0. The zero-order valence-electron chi connectivity index (χ0n) is 8.57. The molecule has 0 bridgehead atoms. The number of thiocarbonyl (C=S) groups is 2. The third-order valence-corrected chi connectivity index (χ3v) is 2.22. The molecule has 0 saturated heterocycles. The smallest absolute Gasteiger partial charge is 0.212 e. The number of ether oxygens (including phenoxy) is 2. The van der Waals surface area contributed by atoms with Crippen molar-refractivity contribution in [3.8, 4) is 0 Å². The molecule has 0 unspecified atom stereocenters. The minimum atomic E-state index is 0.360. The van der Waals surface area contributed by atoms with Crippen LogP contribution in [0.25, 0.3) is 0 Å². The Bertz CT molecular complexity index is 330. The van der Waals surface area contributed by atoms with Crippen molar-refractivity contribution in [2.24, 2.45) is 0 Å². The molecule has 0 atom stereocenters. The first-order valence-electron chi connectivity index (χ1n) is 4.58. The number of rotatable bonds is 4. The highest BCUT2D eigenvalue weighted by atomic mass is 32.1. The van der Waals surface area contributed by atoms with Crippen molar-refractivity contribution >= 4 is 34.5 Å². The van der Waals surface area contributed by atoms with Gasteiger partial charge < -0.3 is 9.47 Å². The van der Waals surface area contributed by atoms with Gasteiger partial charge in [-0.3, -0.25) is 5.10 Å². The van der Waals surface area contributed by atoms with Crippen molar-refractivity contribution < 1.29 is 9.47 Å². The lowest BCUT2D eigenvalue weighted by Crippen LogP contribution is -2.04. The van der Waals surface area contributed by atoms with Gasteiger partial charge in [-0.15, -0.1) is 0 Å². The van der Waals surface area contributed by atoms with Crippen LogP contribution in [0.3, 0.4) is 0 Å². The van der Waals surface area contributed by atoms with Crippen LogP contribution in [0.4, 0.5) is 0 Å². The van der Waals surface area contributed by atoms with Gasteiger partial charge in [-0.05, 0) is 38.3 Å². The molecule has 4 nitrogen and oxygen atoms in total. The van der Waals surface area contributed by atoms with E-state index in [0.717, 1.165) is 0 Å². The van der Waals surface area contributed by atoms with Crippen LogP contribution in [-0.2, 0) is 9.47 Å². The summed E-state index contributed by atoms with van der Waals surface area (Å²) in [5.74, 6) is 0. The molecule has 1 rings (SSSR count). The third-order valence-electron chi connectivity index (χ3n) is 1.56. The van der Waals surface area contributed by atoms with Crippen LogP contribution in [0.1, 0.15) is 25.2 Å². The van der Waals surface area contributed by atoms with E-state index in [1.165, 1.54) is 0 Å². The van der Waals surface area contributed by atoms with Crippen LogP contribution >= 0.6 is 24.4 Å². The molecular formula is C9H12N2O2S2. The van der Waals surface area contributed by atoms with E-state index in [1.807, 2.05) is 13.8 Å². The van der Waals surface area contributed by atoms with Gasteiger partial charge in [0, 0.05) is 6.07 Å². The molecule has 82 valence electrons. The Kier molecular flexibility index (Phi) is 4.64. The number of aromatic amines is 1. The highest BCUT2D eigenvalue weighted by Gasteiger charge is 2.10. The standard InChI is InChI=1S/C9H12N2O2S2/c1-3-12-8(14)6-5-7(11-10-6)9(15)13-4-2/h5H,3-4H2,1-2H3,(H,10,11). The van der Waals surface area contributed by atoms with Crippen molar-refractivity contribution in [1.29, 1.82) is 0 Å². The number of nitrogens with one attached hydrogen (secondary N) is 1. The van der Waals surface area contributed by atoms with Crippen molar-refractivity contribution in [3.05, 3.63) is 17.5 Å². The Hall–Kier alpha value is -1.01. The molecule has 0 spiro atoms. The molecule has 1 aromatic heterocycles. The van der Waals surface area contributed by atoms with Gasteiger partial charge in [0.15, 0.2) is 0 Å². The predicted molar refractivity (Wildman–Crippen MR) is 65.2 cm³/mol. The first kappa shape index (κ1) is 12.1. The summed E-state index contributed by atoms with van der Waals surface area (Å²) in [6, 6.07) is 1.72. The van der Waals surface area contributed by atoms with Gasteiger partial charge in [0.2, 0.25) is 10.1 Å². The van der Waals surface area contributed by atoms with E-state index < -0.39 is 0 Å². The van der Waals surface area contributed by atoms with E-state index in [2.05, 4.69) is 10.2 Å². The fourth-order valence-corrected chi connectivity index (χ4v) is 1.39. The average Bonchev–Trinajstić information content (AvgIpc) is 2.67. The van der Waals surface area contributed by atoms with Gasteiger partial charge in [-0.2, -0.15) is 5.10 Å². The Morgan fingerprint density at radius 3 is 2.47 bits per heavy atom. The zero-order chi connectivity index (χ0) is 11.3. The molecule has 15 heavy (non-hydrogen) atoms. The molecular weight excluding hydrogens is 232 g/mol. The summed E-state index contributed by atoms with van der Waals surface area (Å²) in [4.78, 5) is 0. The second-order valence-corrected chi connectivity index (χ2v) is 3.35. The zero-order valence-corrected chi connectivity index (χ0v) is 10.2. The van der Waals surface area contributed by atoms with Gasteiger partial charge in [-0.25, -0.2) is 0 Å². The predicted octanol–water partition coefficient (Wildman–Crippen LogP) is 1.83. The molecule has 0 aromatic carbocycles. The summed E-state index contributed by atoms with van der Waals surface area (Å²) in [5, 5.41) is 7.47. The maximum atomic E-state index is 5.16. The van der Waals surface area contributed by atoms with E-state index in [-0.39, 0.29) is 0 Å². The quantitative estimate of drug-likeness (QED) is 0.819. The number of hydrogen-bond donors (Lipinski definition) is 1. The van der Waals surface area contributed by atoms with Gasteiger partial charge in [0.25, 0.3) is 0 Å². The van der Waals surface area contributed by atoms with Gasteiger partial charge in [-0.1, -0.05) is 0 Å². The van der Waals surface area contributed by atoms with E-state index in [1.54, 1.807) is 6.07 Å². The van der Waals surface area contributed by atoms with Crippen LogP contribution in [0, 0.1) is 0 Å². The van der Waals surface area contributed by atoms with E-state index >= 15 is 0 Å². The van der Waals surface area contributed by atoms with Crippen LogP contribution in [0.5, 0.6) is 0 Å². The first-order valence-corrected chi connectivity index (χ1v) is 5.40. The molecule has 0 fully saturated rings. The van der Waals surface area contributed by atoms with Crippen LogP contribution in [0.15, 0.2) is 6.07 Å². The fourth-order valence-electron chi connectivity index (χ4n) is 0.945. The molecule has 6 heteroatoms. The van der Waals surface area contributed by atoms with E-state index in [9.17, 15) is 0 Å². The Labute approximate surface area is 99.0 Å². The normalized spacial score (nSPS) is 9.73. The summed E-state index contributed by atoms with van der Waals surface area (Å²) in [5.41, 5.74) is 1.22. The van der Waals surface area contributed by atoms with Crippen molar-refractivity contribution in [1.82, 2.24) is 10.2 Å². The Balaban J connectivity index is 2.71. The highest BCUT2D eigenvalue weighted by Crippen LogP contribution is 2.05. The van der Waals surface area contributed by atoms with Gasteiger partial charge in [0.05, 0.1) is 13.2 Å².